The second-order valence-corrected chi connectivity index (χ2v) is 5.02. The molecular formula is C14H18ClN3. The minimum Gasteiger partial charge on any atom is -0.338 e. The van der Waals surface area contributed by atoms with Crippen molar-refractivity contribution >= 4 is 11.6 Å². The van der Waals surface area contributed by atoms with E-state index in [1.54, 1.807) is 0 Å². The molecule has 1 aromatic heterocycles. The molecule has 1 unspecified atom stereocenters. The largest absolute Gasteiger partial charge is 0.338 e. The summed E-state index contributed by atoms with van der Waals surface area (Å²) < 4.78 is 2.02. The first kappa shape index (κ1) is 13.1. The van der Waals surface area contributed by atoms with Crippen LogP contribution in [0.2, 0.25) is 5.02 Å². The van der Waals surface area contributed by atoms with Crippen LogP contribution in [0.1, 0.15) is 29.4 Å². The van der Waals surface area contributed by atoms with Crippen molar-refractivity contribution in [2.45, 2.75) is 25.8 Å². The maximum absolute atomic E-state index is 6.18. The molecular weight excluding hydrogens is 246 g/mol. The Morgan fingerprint density at radius 2 is 2.22 bits per heavy atom. The van der Waals surface area contributed by atoms with E-state index in [1.807, 2.05) is 49.1 Å². The number of halogens is 1. The van der Waals surface area contributed by atoms with Crippen molar-refractivity contribution < 1.29 is 0 Å². The Morgan fingerprint density at radius 1 is 1.44 bits per heavy atom. The summed E-state index contributed by atoms with van der Waals surface area (Å²) in [5.41, 5.74) is 8.35. The van der Waals surface area contributed by atoms with E-state index in [0.29, 0.717) is 0 Å². The van der Waals surface area contributed by atoms with E-state index in [4.69, 9.17) is 17.3 Å². The minimum atomic E-state index is -0.000185. The van der Waals surface area contributed by atoms with Crippen LogP contribution in [0.3, 0.4) is 0 Å². The Morgan fingerprint density at radius 3 is 2.83 bits per heavy atom. The summed E-state index contributed by atoms with van der Waals surface area (Å²) in [6.45, 7) is 1.99. The molecule has 1 aromatic carbocycles. The summed E-state index contributed by atoms with van der Waals surface area (Å²) in [5.74, 6) is 1.06. The molecule has 0 aliphatic rings. The predicted octanol–water partition coefficient (Wildman–Crippen LogP) is 3.01. The number of hydrogen-bond donors (Lipinski definition) is 1. The fraction of sp³-hybridized carbons (Fsp3) is 0.357. The first-order valence-electron chi connectivity index (χ1n) is 6.05. The van der Waals surface area contributed by atoms with Gasteiger partial charge in [0.25, 0.3) is 0 Å². The number of aromatic nitrogens is 2. The van der Waals surface area contributed by atoms with Gasteiger partial charge in [-0.3, -0.25) is 0 Å². The van der Waals surface area contributed by atoms with Gasteiger partial charge in [-0.05, 0) is 30.5 Å². The van der Waals surface area contributed by atoms with Gasteiger partial charge in [0.1, 0.15) is 5.82 Å². The van der Waals surface area contributed by atoms with E-state index in [2.05, 4.69) is 4.98 Å². The Labute approximate surface area is 113 Å². The molecule has 1 atom stereocenters. The maximum Gasteiger partial charge on any atom is 0.108 e. The summed E-state index contributed by atoms with van der Waals surface area (Å²) in [6.07, 6.45) is 5.49. The van der Waals surface area contributed by atoms with Gasteiger partial charge in [0, 0.05) is 36.9 Å². The van der Waals surface area contributed by atoms with Gasteiger partial charge in [0.15, 0.2) is 0 Å². The number of imidazole rings is 1. The van der Waals surface area contributed by atoms with Crippen LogP contribution in [-0.2, 0) is 13.5 Å². The first-order valence-corrected chi connectivity index (χ1v) is 6.43. The van der Waals surface area contributed by atoms with Crippen LogP contribution in [0.15, 0.2) is 30.6 Å². The van der Waals surface area contributed by atoms with Crippen LogP contribution in [0.5, 0.6) is 0 Å². The van der Waals surface area contributed by atoms with Crippen molar-refractivity contribution in [2.24, 2.45) is 12.8 Å². The lowest BCUT2D eigenvalue weighted by molar-refractivity contribution is 0.620. The molecule has 18 heavy (non-hydrogen) atoms. The molecule has 0 saturated carbocycles. The molecule has 2 rings (SSSR count). The molecule has 0 radical (unpaired) electrons. The smallest absolute Gasteiger partial charge is 0.108 e. The van der Waals surface area contributed by atoms with E-state index in [-0.39, 0.29) is 6.04 Å². The van der Waals surface area contributed by atoms with Gasteiger partial charge in [-0.25, -0.2) is 4.98 Å². The molecule has 1 heterocycles. The minimum absolute atomic E-state index is 0.000185. The topological polar surface area (TPSA) is 43.8 Å². The van der Waals surface area contributed by atoms with Gasteiger partial charge in [-0.1, -0.05) is 23.7 Å². The summed E-state index contributed by atoms with van der Waals surface area (Å²) in [6, 6.07) is 6.02. The Kier molecular flexibility index (Phi) is 4.04. The standard InChI is InChI=1S/C14H18ClN3/c1-10-3-4-11(9-12(10)15)13(16)5-6-14-17-7-8-18(14)2/h3-4,7-9,13H,5-6,16H2,1-2H3. The molecule has 0 aliphatic carbocycles. The SMILES string of the molecule is Cc1ccc(C(N)CCc2nccn2C)cc1Cl. The molecule has 96 valence electrons. The molecule has 0 bridgehead atoms. The lowest BCUT2D eigenvalue weighted by Gasteiger charge is -2.13. The average Bonchev–Trinajstić information content (AvgIpc) is 2.75. The van der Waals surface area contributed by atoms with Gasteiger partial charge >= 0.3 is 0 Å². The highest BCUT2D eigenvalue weighted by molar-refractivity contribution is 6.31. The summed E-state index contributed by atoms with van der Waals surface area (Å²) in [4.78, 5) is 4.29. The molecule has 2 aromatic rings. The summed E-state index contributed by atoms with van der Waals surface area (Å²) >= 11 is 6.11. The number of aryl methyl sites for hydroxylation is 3. The maximum atomic E-state index is 6.18. The third-order valence-electron chi connectivity index (χ3n) is 3.22. The molecule has 0 aliphatic heterocycles. The number of rotatable bonds is 4. The number of hydrogen-bond acceptors (Lipinski definition) is 2. The second-order valence-electron chi connectivity index (χ2n) is 4.61. The Hall–Kier alpha value is -1.32. The van der Waals surface area contributed by atoms with Crippen molar-refractivity contribution in [1.29, 1.82) is 0 Å². The third-order valence-corrected chi connectivity index (χ3v) is 3.63. The van der Waals surface area contributed by atoms with Crippen molar-refractivity contribution in [3.63, 3.8) is 0 Å². The van der Waals surface area contributed by atoms with Crippen molar-refractivity contribution in [2.75, 3.05) is 0 Å². The fourth-order valence-electron chi connectivity index (χ4n) is 1.93. The summed E-state index contributed by atoms with van der Waals surface area (Å²) in [7, 11) is 2.00. The zero-order valence-electron chi connectivity index (χ0n) is 10.7. The van der Waals surface area contributed by atoms with Gasteiger partial charge in [-0.15, -0.1) is 0 Å². The lowest BCUT2D eigenvalue weighted by Crippen LogP contribution is -2.12. The molecule has 0 amide bonds. The van der Waals surface area contributed by atoms with Crippen molar-refractivity contribution in [3.05, 3.63) is 52.6 Å². The van der Waals surface area contributed by atoms with E-state index < -0.39 is 0 Å². The highest BCUT2D eigenvalue weighted by Gasteiger charge is 2.09. The van der Waals surface area contributed by atoms with Gasteiger partial charge in [0.2, 0.25) is 0 Å². The van der Waals surface area contributed by atoms with Crippen molar-refractivity contribution in [1.82, 2.24) is 9.55 Å². The van der Waals surface area contributed by atoms with Crippen LogP contribution in [0.4, 0.5) is 0 Å². The zero-order chi connectivity index (χ0) is 13.1. The fourth-order valence-corrected chi connectivity index (χ4v) is 2.12. The highest BCUT2D eigenvalue weighted by atomic mass is 35.5. The predicted molar refractivity (Wildman–Crippen MR) is 74.6 cm³/mol. The van der Waals surface area contributed by atoms with E-state index in [9.17, 15) is 0 Å². The third kappa shape index (κ3) is 2.92. The van der Waals surface area contributed by atoms with Gasteiger partial charge in [0.05, 0.1) is 0 Å². The Balaban J connectivity index is 2.01. The summed E-state index contributed by atoms with van der Waals surface area (Å²) in [5, 5.41) is 0.778. The second kappa shape index (κ2) is 5.55. The number of nitrogens with two attached hydrogens (primary N) is 1. The zero-order valence-corrected chi connectivity index (χ0v) is 11.5. The van der Waals surface area contributed by atoms with E-state index >= 15 is 0 Å². The normalized spacial score (nSPS) is 12.7. The molecule has 0 saturated heterocycles. The monoisotopic (exact) mass is 263 g/mol. The molecule has 0 spiro atoms. The highest BCUT2D eigenvalue weighted by Crippen LogP contribution is 2.22. The van der Waals surface area contributed by atoms with Crippen LogP contribution >= 0.6 is 11.6 Å². The lowest BCUT2D eigenvalue weighted by atomic mass is 10.0. The van der Waals surface area contributed by atoms with Gasteiger partial charge < -0.3 is 10.3 Å². The Bertz CT molecular complexity index is 534. The molecule has 3 nitrogen and oxygen atoms in total. The van der Waals surface area contributed by atoms with Crippen LogP contribution in [0, 0.1) is 6.92 Å². The van der Waals surface area contributed by atoms with Crippen LogP contribution in [-0.4, -0.2) is 9.55 Å². The van der Waals surface area contributed by atoms with Crippen LogP contribution in [0.25, 0.3) is 0 Å². The molecule has 0 fully saturated rings. The first-order chi connectivity index (χ1) is 8.58. The number of nitrogens with zero attached hydrogens (tertiary/aromatic N) is 2. The van der Waals surface area contributed by atoms with E-state index in [1.165, 1.54) is 0 Å². The van der Waals surface area contributed by atoms with Crippen molar-refractivity contribution in [3.8, 4) is 0 Å². The number of benzene rings is 1. The average molecular weight is 264 g/mol. The van der Waals surface area contributed by atoms with Crippen LogP contribution < -0.4 is 5.73 Å². The molecule has 4 heteroatoms. The van der Waals surface area contributed by atoms with E-state index in [0.717, 1.165) is 34.8 Å². The quantitative estimate of drug-likeness (QED) is 0.922. The molecule has 2 N–H and O–H groups in total. The van der Waals surface area contributed by atoms with Gasteiger partial charge in [-0.2, -0.15) is 0 Å².